The molecule has 18 heavy (non-hydrogen) atoms. The van der Waals surface area contributed by atoms with Crippen LogP contribution >= 0.6 is 0 Å². The van der Waals surface area contributed by atoms with Crippen molar-refractivity contribution in [2.24, 2.45) is 4.36 Å². The molecule has 1 aliphatic rings. The van der Waals surface area contributed by atoms with Crippen LogP contribution in [0.3, 0.4) is 0 Å². The van der Waals surface area contributed by atoms with Gasteiger partial charge in [-0.15, -0.1) is 0 Å². The summed E-state index contributed by atoms with van der Waals surface area (Å²) in [4.78, 5) is 11.9. The zero-order valence-corrected chi connectivity index (χ0v) is 11.2. The molecule has 1 saturated heterocycles. The maximum atomic E-state index is 12.5. The van der Waals surface area contributed by atoms with Gasteiger partial charge in [0.25, 0.3) is 5.91 Å². The summed E-state index contributed by atoms with van der Waals surface area (Å²) in [5.74, 6) is -0.394. The molecule has 1 aromatic rings. The quantitative estimate of drug-likeness (QED) is 0.824. The third-order valence-electron chi connectivity index (χ3n) is 3.07. The van der Waals surface area contributed by atoms with Crippen LogP contribution in [-0.4, -0.2) is 34.8 Å². The summed E-state index contributed by atoms with van der Waals surface area (Å²) in [5.41, 5.74) is 0.485. The number of ether oxygens (including phenoxy) is 1. The lowest BCUT2D eigenvalue weighted by Gasteiger charge is -2.22. The predicted octanol–water partition coefficient (Wildman–Crippen LogP) is 2.10. The van der Waals surface area contributed by atoms with Gasteiger partial charge in [0.1, 0.15) is 0 Å². The summed E-state index contributed by atoms with van der Waals surface area (Å²) >= 11 is 0. The van der Waals surface area contributed by atoms with Crippen molar-refractivity contribution < 1.29 is 13.7 Å². The maximum absolute atomic E-state index is 12.5. The molecule has 5 heteroatoms. The predicted molar refractivity (Wildman–Crippen MR) is 71.1 cm³/mol. The summed E-state index contributed by atoms with van der Waals surface area (Å²) in [6.45, 7) is 1.20. The van der Waals surface area contributed by atoms with Crippen LogP contribution in [0.5, 0.6) is 0 Å². The second-order valence-corrected chi connectivity index (χ2v) is 7.01. The van der Waals surface area contributed by atoms with Crippen molar-refractivity contribution in [3.05, 3.63) is 35.9 Å². The van der Waals surface area contributed by atoms with Crippen molar-refractivity contribution >= 4 is 15.6 Å². The van der Waals surface area contributed by atoms with E-state index < -0.39 is 15.6 Å². The fraction of sp³-hybridized carbons (Fsp3) is 0.462. The Labute approximate surface area is 108 Å². The highest BCUT2D eigenvalue weighted by molar-refractivity contribution is 7.93. The van der Waals surface area contributed by atoms with Crippen molar-refractivity contribution in [3.8, 4) is 0 Å². The lowest BCUT2D eigenvalue weighted by Crippen LogP contribution is -2.28. The van der Waals surface area contributed by atoms with Gasteiger partial charge in [-0.3, -0.25) is 4.79 Å². The fourth-order valence-electron chi connectivity index (χ4n) is 1.99. The molecule has 1 aromatic carbocycles. The zero-order chi connectivity index (χ0) is 13.0. The molecule has 0 N–H and O–H groups in total. The SMILES string of the molecule is CS(=O)(=NC(=O)c1ccccc1)C1CCOCC1. The number of amides is 1. The standard InChI is InChI=1S/C13H17NO3S/c1-18(16,12-7-9-17-10-8-12)14-13(15)11-5-3-2-4-6-11/h2-6,12H,7-10H2,1H3. The molecular weight excluding hydrogens is 250 g/mol. The summed E-state index contributed by atoms with van der Waals surface area (Å²) < 4.78 is 21.7. The lowest BCUT2D eigenvalue weighted by molar-refractivity contribution is 0.0977. The number of hydrogen-bond acceptors (Lipinski definition) is 3. The molecular formula is C13H17NO3S. The number of carbonyl (C=O) groups excluding carboxylic acids is 1. The molecule has 0 spiro atoms. The van der Waals surface area contributed by atoms with Crippen LogP contribution in [0.4, 0.5) is 0 Å². The van der Waals surface area contributed by atoms with E-state index in [9.17, 15) is 9.00 Å². The summed E-state index contributed by atoms with van der Waals surface area (Å²) in [7, 11) is -2.49. The normalized spacial score (nSPS) is 20.1. The third kappa shape index (κ3) is 3.17. The van der Waals surface area contributed by atoms with Crippen LogP contribution in [0.2, 0.25) is 0 Å². The average Bonchev–Trinajstić information content (AvgIpc) is 2.40. The largest absolute Gasteiger partial charge is 0.381 e. The number of benzene rings is 1. The second kappa shape index (κ2) is 5.63. The molecule has 98 valence electrons. The van der Waals surface area contributed by atoms with Crippen LogP contribution in [0.1, 0.15) is 23.2 Å². The minimum Gasteiger partial charge on any atom is -0.381 e. The Bertz CT molecular complexity index is 526. The fourth-order valence-corrected chi connectivity index (χ4v) is 3.64. The van der Waals surface area contributed by atoms with E-state index in [1.54, 1.807) is 30.5 Å². The number of nitrogens with zero attached hydrogens (tertiary/aromatic N) is 1. The Morgan fingerprint density at radius 1 is 1.28 bits per heavy atom. The molecule has 0 aromatic heterocycles. The van der Waals surface area contributed by atoms with Crippen LogP contribution in [-0.2, 0) is 14.5 Å². The van der Waals surface area contributed by atoms with Crippen LogP contribution in [0, 0.1) is 0 Å². The van der Waals surface area contributed by atoms with Crippen molar-refractivity contribution in [1.29, 1.82) is 0 Å². The second-order valence-electron chi connectivity index (χ2n) is 4.44. The van der Waals surface area contributed by atoms with E-state index in [-0.39, 0.29) is 5.25 Å². The van der Waals surface area contributed by atoms with Crippen molar-refractivity contribution in [2.45, 2.75) is 18.1 Å². The molecule has 1 heterocycles. The van der Waals surface area contributed by atoms with Gasteiger partial charge in [-0.05, 0) is 25.0 Å². The molecule has 1 fully saturated rings. The van der Waals surface area contributed by atoms with Crippen LogP contribution in [0.25, 0.3) is 0 Å². The van der Waals surface area contributed by atoms with E-state index in [0.717, 1.165) is 0 Å². The Balaban J connectivity index is 2.21. The first kappa shape index (κ1) is 13.2. The molecule has 1 atom stereocenters. The molecule has 0 bridgehead atoms. The van der Waals surface area contributed by atoms with Gasteiger partial charge in [0.15, 0.2) is 0 Å². The van der Waals surface area contributed by atoms with E-state index in [4.69, 9.17) is 4.74 Å². The molecule has 1 amide bonds. The average molecular weight is 267 g/mol. The minimum atomic E-state index is -2.49. The van der Waals surface area contributed by atoms with Crippen molar-refractivity contribution in [2.75, 3.05) is 19.5 Å². The van der Waals surface area contributed by atoms with Gasteiger partial charge in [0.05, 0.1) is 9.73 Å². The number of carbonyl (C=O) groups is 1. The Morgan fingerprint density at radius 2 is 1.89 bits per heavy atom. The zero-order valence-electron chi connectivity index (χ0n) is 10.4. The van der Waals surface area contributed by atoms with Gasteiger partial charge in [0, 0.05) is 30.3 Å². The molecule has 0 radical (unpaired) electrons. The first-order valence-electron chi connectivity index (χ1n) is 5.98. The topological polar surface area (TPSA) is 55.7 Å². The lowest BCUT2D eigenvalue weighted by atomic mass is 10.2. The van der Waals surface area contributed by atoms with Crippen molar-refractivity contribution in [1.82, 2.24) is 0 Å². The van der Waals surface area contributed by atoms with Gasteiger partial charge in [-0.1, -0.05) is 18.2 Å². The summed E-state index contributed by atoms with van der Waals surface area (Å²) in [6, 6.07) is 8.75. The van der Waals surface area contributed by atoms with Crippen LogP contribution in [0.15, 0.2) is 34.7 Å². The number of rotatable bonds is 2. The molecule has 2 rings (SSSR count). The van der Waals surface area contributed by atoms with E-state index in [2.05, 4.69) is 4.36 Å². The van der Waals surface area contributed by atoms with E-state index >= 15 is 0 Å². The third-order valence-corrected chi connectivity index (χ3v) is 5.31. The van der Waals surface area contributed by atoms with Gasteiger partial charge in [-0.2, -0.15) is 4.36 Å². The van der Waals surface area contributed by atoms with Gasteiger partial charge in [0.2, 0.25) is 0 Å². The van der Waals surface area contributed by atoms with E-state index in [1.807, 2.05) is 6.07 Å². The van der Waals surface area contributed by atoms with Crippen molar-refractivity contribution in [3.63, 3.8) is 0 Å². The summed E-state index contributed by atoms with van der Waals surface area (Å²) in [6.07, 6.45) is 2.99. The smallest absolute Gasteiger partial charge is 0.285 e. The summed E-state index contributed by atoms with van der Waals surface area (Å²) in [5, 5.41) is -0.0427. The van der Waals surface area contributed by atoms with E-state index in [1.165, 1.54) is 0 Å². The Kier molecular flexibility index (Phi) is 4.14. The first-order chi connectivity index (χ1) is 8.59. The first-order valence-corrected chi connectivity index (χ1v) is 7.96. The maximum Gasteiger partial charge on any atom is 0.285 e. The van der Waals surface area contributed by atoms with E-state index in [0.29, 0.717) is 31.6 Å². The molecule has 4 nitrogen and oxygen atoms in total. The monoisotopic (exact) mass is 267 g/mol. The molecule has 1 aliphatic heterocycles. The highest BCUT2D eigenvalue weighted by Crippen LogP contribution is 2.17. The van der Waals surface area contributed by atoms with Crippen LogP contribution < -0.4 is 0 Å². The Morgan fingerprint density at radius 3 is 2.50 bits per heavy atom. The number of hydrogen-bond donors (Lipinski definition) is 0. The highest BCUT2D eigenvalue weighted by atomic mass is 32.2. The minimum absolute atomic E-state index is 0.0427. The van der Waals surface area contributed by atoms with Gasteiger partial charge >= 0.3 is 0 Å². The van der Waals surface area contributed by atoms with Gasteiger partial charge in [-0.25, -0.2) is 4.21 Å². The Hall–Kier alpha value is -1.20. The highest BCUT2D eigenvalue weighted by Gasteiger charge is 2.23. The van der Waals surface area contributed by atoms with Gasteiger partial charge < -0.3 is 4.74 Å². The molecule has 0 aliphatic carbocycles. The molecule has 1 unspecified atom stereocenters. The molecule has 0 saturated carbocycles.